The average molecular weight is 444 g/mol. The molecule has 5 heteroatoms. The molecule has 0 bridgehead atoms. The van der Waals surface area contributed by atoms with Crippen molar-refractivity contribution in [1.29, 1.82) is 0 Å². The molecule has 1 N–H and O–H groups in total. The lowest BCUT2D eigenvalue weighted by Crippen LogP contribution is -2.38. The van der Waals surface area contributed by atoms with Crippen LogP contribution in [0, 0.1) is 0 Å². The summed E-state index contributed by atoms with van der Waals surface area (Å²) in [4.78, 5) is 12.0. The molecule has 0 unspecified atom stereocenters. The van der Waals surface area contributed by atoms with Crippen LogP contribution >= 0.6 is 15.9 Å². The fraction of sp³-hybridized carbons (Fsp3) is 0.435. The molecular weight excluding hydrogens is 418 g/mol. The Morgan fingerprint density at radius 1 is 1.21 bits per heavy atom. The van der Waals surface area contributed by atoms with Gasteiger partial charge in [-0.25, -0.2) is 0 Å². The summed E-state index contributed by atoms with van der Waals surface area (Å²) in [6.07, 6.45) is 3.47. The molecule has 1 aliphatic carbocycles. The van der Waals surface area contributed by atoms with Gasteiger partial charge in [-0.05, 0) is 68.6 Å². The number of piperidine rings is 1. The van der Waals surface area contributed by atoms with Gasteiger partial charge in [0.1, 0.15) is 11.9 Å². The van der Waals surface area contributed by atoms with E-state index in [1.54, 1.807) is 0 Å². The fourth-order valence-corrected chi connectivity index (χ4v) is 5.01. The van der Waals surface area contributed by atoms with E-state index < -0.39 is 0 Å². The lowest BCUT2D eigenvalue weighted by molar-refractivity contribution is -0.142. The normalized spacial score (nSPS) is 20.0. The minimum atomic E-state index is -0.219. The van der Waals surface area contributed by atoms with Gasteiger partial charge >= 0.3 is 5.97 Å². The molecule has 148 valence electrons. The number of esters is 1. The SMILES string of the molecule is CCOC(=O)Cc1ccccc1O[C@@H]1CC2(CCNCC2)c2ccc(Br)cc21. The summed E-state index contributed by atoms with van der Waals surface area (Å²) in [5.74, 6) is 0.556. The molecule has 0 amide bonds. The molecule has 1 heterocycles. The zero-order chi connectivity index (χ0) is 19.6. The van der Waals surface area contributed by atoms with Gasteiger partial charge < -0.3 is 14.8 Å². The quantitative estimate of drug-likeness (QED) is 0.680. The van der Waals surface area contributed by atoms with Crippen LogP contribution in [0.3, 0.4) is 0 Å². The Hall–Kier alpha value is -1.85. The first-order valence-corrected chi connectivity index (χ1v) is 10.8. The molecule has 4 rings (SSSR count). The van der Waals surface area contributed by atoms with Crippen LogP contribution in [0.25, 0.3) is 0 Å². The molecule has 2 aliphatic rings. The van der Waals surface area contributed by atoms with Crippen LogP contribution in [0.2, 0.25) is 0 Å². The van der Waals surface area contributed by atoms with Gasteiger partial charge in [0.25, 0.3) is 0 Å². The van der Waals surface area contributed by atoms with Gasteiger partial charge in [-0.2, -0.15) is 0 Å². The van der Waals surface area contributed by atoms with Gasteiger partial charge in [0.05, 0.1) is 13.0 Å². The molecule has 28 heavy (non-hydrogen) atoms. The van der Waals surface area contributed by atoms with Crippen molar-refractivity contribution in [3.8, 4) is 5.75 Å². The Morgan fingerprint density at radius 2 is 2.00 bits per heavy atom. The van der Waals surface area contributed by atoms with Gasteiger partial charge in [-0.1, -0.05) is 40.2 Å². The standard InChI is InChI=1S/C23H26BrNO3/c1-2-27-22(26)13-16-5-3-4-6-20(16)28-21-15-23(9-11-25-12-10-23)19-8-7-17(24)14-18(19)21/h3-8,14,21,25H,2,9-13,15H2,1H3/t21-/m1/s1. The zero-order valence-electron chi connectivity index (χ0n) is 16.2. The van der Waals surface area contributed by atoms with E-state index in [1.165, 1.54) is 11.1 Å². The third-order valence-corrected chi connectivity index (χ3v) is 6.44. The molecule has 2 aromatic rings. The monoisotopic (exact) mass is 443 g/mol. The molecular formula is C23H26BrNO3. The number of hydrogen-bond donors (Lipinski definition) is 1. The van der Waals surface area contributed by atoms with Gasteiger partial charge in [-0.3, -0.25) is 4.79 Å². The summed E-state index contributed by atoms with van der Waals surface area (Å²) >= 11 is 3.63. The third kappa shape index (κ3) is 3.83. The van der Waals surface area contributed by atoms with E-state index in [0.29, 0.717) is 6.61 Å². The summed E-state index contributed by atoms with van der Waals surface area (Å²) in [6, 6.07) is 14.4. The van der Waals surface area contributed by atoms with Gasteiger partial charge in [0, 0.05) is 15.5 Å². The van der Waals surface area contributed by atoms with E-state index in [1.807, 2.05) is 31.2 Å². The van der Waals surface area contributed by atoms with Crippen molar-refractivity contribution in [3.63, 3.8) is 0 Å². The molecule has 0 saturated carbocycles. The van der Waals surface area contributed by atoms with Gasteiger partial charge in [0.2, 0.25) is 0 Å². The van der Waals surface area contributed by atoms with Crippen molar-refractivity contribution < 1.29 is 14.3 Å². The van der Waals surface area contributed by atoms with Crippen LogP contribution in [0.1, 0.15) is 49.0 Å². The van der Waals surface area contributed by atoms with Crippen LogP contribution in [-0.2, 0) is 21.4 Å². The molecule has 4 nitrogen and oxygen atoms in total. The molecule has 1 fully saturated rings. The topological polar surface area (TPSA) is 47.6 Å². The van der Waals surface area contributed by atoms with E-state index in [2.05, 4.69) is 39.4 Å². The second-order valence-corrected chi connectivity index (χ2v) is 8.58. The van der Waals surface area contributed by atoms with Crippen molar-refractivity contribution in [1.82, 2.24) is 5.32 Å². The van der Waals surface area contributed by atoms with Crippen LogP contribution < -0.4 is 10.1 Å². The summed E-state index contributed by atoms with van der Waals surface area (Å²) in [6.45, 7) is 4.30. The summed E-state index contributed by atoms with van der Waals surface area (Å²) in [5.41, 5.74) is 3.75. The minimum Gasteiger partial charge on any atom is -0.485 e. The number of halogens is 1. The number of carbonyl (C=O) groups excluding carboxylic acids is 1. The highest BCUT2D eigenvalue weighted by Gasteiger charge is 2.45. The van der Waals surface area contributed by atoms with Crippen molar-refractivity contribution in [3.05, 3.63) is 63.6 Å². The third-order valence-electron chi connectivity index (χ3n) is 5.95. The lowest BCUT2D eigenvalue weighted by Gasteiger charge is -2.35. The maximum Gasteiger partial charge on any atom is 0.310 e. The number of carbonyl (C=O) groups is 1. The highest BCUT2D eigenvalue weighted by molar-refractivity contribution is 9.10. The summed E-state index contributed by atoms with van der Waals surface area (Å²) in [5, 5.41) is 3.48. The summed E-state index contributed by atoms with van der Waals surface area (Å²) in [7, 11) is 0. The van der Waals surface area contributed by atoms with Crippen LogP contribution in [0.4, 0.5) is 0 Å². The number of benzene rings is 2. The van der Waals surface area contributed by atoms with E-state index in [0.717, 1.165) is 48.1 Å². The van der Waals surface area contributed by atoms with Crippen LogP contribution in [0.15, 0.2) is 46.9 Å². The number of para-hydroxylation sites is 1. The number of rotatable bonds is 5. The maximum atomic E-state index is 12.0. The first-order chi connectivity index (χ1) is 13.6. The summed E-state index contributed by atoms with van der Waals surface area (Å²) < 4.78 is 12.7. The average Bonchev–Trinajstić information content (AvgIpc) is 2.96. The molecule has 1 atom stereocenters. The smallest absolute Gasteiger partial charge is 0.310 e. The predicted octanol–water partition coefficient (Wildman–Crippen LogP) is 4.70. The zero-order valence-corrected chi connectivity index (χ0v) is 17.8. The highest BCUT2D eigenvalue weighted by Crippen LogP contribution is 2.52. The highest BCUT2D eigenvalue weighted by atomic mass is 79.9. The Labute approximate surface area is 174 Å². The largest absolute Gasteiger partial charge is 0.485 e. The number of fused-ring (bicyclic) bond motifs is 2. The maximum absolute atomic E-state index is 12.0. The van der Waals surface area contributed by atoms with Crippen molar-refractivity contribution >= 4 is 21.9 Å². The Morgan fingerprint density at radius 3 is 2.79 bits per heavy atom. The molecule has 1 spiro atoms. The Bertz CT molecular complexity index is 861. The van der Waals surface area contributed by atoms with Crippen molar-refractivity contribution in [2.75, 3.05) is 19.7 Å². The van der Waals surface area contributed by atoms with Gasteiger partial charge in [0.15, 0.2) is 0 Å². The van der Waals surface area contributed by atoms with E-state index in [4.69, 9.17) is 9.47 Å². The second-order valence-electron chi connectivity index (χ2n) is 7.66. The molecule has 1 saturated heterocycles. The Balaban J connectivity index is 1.63. The van der Waals surface area contributed by atoms with Gasteiger partial charge in [-0.15, -0.1) is 0 Å². The predicted molar refractivity (Wildman–Crippen MR) is 113 cm³/mol. The second kappa shape index (κ2) is 8.26. The molecule has 0 radical (unpaired) electrons. The molecule has 0 aromatic heterocycles. The number of hydrogen-bond acceptors (Lipinski definition) is 4. The number of ether oxygens (including phenoxy) is 2. The first kappa shape index (κ1) is 19.5. The van der Waals surface area contributed by atoms with Crippen LogP contribution in [0.5, 0.6) is 5.75 Å². The van der Waals surface area contributed by atoms with Crippen molar-refractivity contribution in [2.45, 2.75) is 44.1 Å². The van der Waals surface area contributed by atoms with E-state index >= 15 is 0 Å². The fourth-order valence-electron chi connectivity index (χ4n) is 4.63. The van der Waals surface area contributed by atoms with E-state index in [-0.39, 0.29) is 23.9 Å². The minimum absolute atomic E-state index is 0.00561. The molecule has 2 aromatic carbocycles. The first-order valence-electron chi connectivity index (χ1n) is 10.0. The Kier molecular flexibility index (Phi) is 5.74. The van der Waals surface area contributed by atoms with E-state index in [9.17, 15) is 4.79 Å². The van der Waals surface area contributed by atoms with Crippen LogP contribution in [-0.4, -0.2) is 25.7 Å². The molecule has 1 aliphatic heterocycles. The number of nitrogens with one attached hydrogen (secondary N) is 1. The lowest BCUT2D eigenvalue weighted by atomic mass is 9.74. The van der Waals surface area contributed by atoms with Crippen molar-refractivity contribution in [2.24, 2.45) is 0 Å².